The molecule has 1 N–H and O–H groups in total. The van der Waals surface area contributed by atoms with Crippen LogP contribution < -0.4 is 0 Å². The van der Waals surface area contributed by atoms with Crippen molar-refractivity contribution in [1.82, 2.24) is 4.98 Å². The average molecular weight is 342 g/mol. The highest BCUT2D eigenvalue weighted by molar-refractivity contribution is 7.98. The molecule has 0 saturated heterocycles. The van der Waals surface area contributed by atoms with Gasteiger partial charge < -0.3 is 5.11 Å². The van der Waals surface area contributed by atoms with Gasteiger partial charge in [-0.2, -0.15) is 0 Å². The fourth-order valence-electron chi connectivity index (χ4n) is 1.86. The van der Waals surface area contributed by atoms with E-state index >= 15 is 0 Å². The number of carboxylic acids is 1. The molecule has 1 aromatic heterocycles. The van der Waals surface area contributed by atoms with Crippen molar-refractivity contribution in [2.75, 3.05) is 0 Å². The van der Waals surface area contributed by atoms with Gasteiger partial charge in [-0.1, -0.05) is 37.6 Å². The number of carbonyl (C=O) groups is 1. The molecule has 112 valence electrons. The maximum atomic E-state index is 11.3. The lowest BCUT2D eigenvalue weighted by atomic mass is 10.1. The van der Waals surface area contributed by atoms with E-state index in [2.05, 4.69) is 18.8 Å². The maximum Gasteiger partial charge on any atom is 0.347 e. The van der Waals surface area contributed by atoms with Crippen molar-refractivity contribution in [1.29, 1.82) is 0 Å². The minimum atomic E-state index is -0.892. The highest BCUT2D eigenvalue weighted by atomic mass is 35.5. The summed E-state index contributed by atoms with van der Waals surface area (Å²) < 4.78 is 0. The standard InChI is InChI=1S/C15H16ClNO2S2/c1-9(2)7-11-14(15(18)19)21-13(17-11)8-20-12-6-4-3-5-10(12)16/h3-6,9H,7-8H2,1-2H3,(H,18,19). The third-order valence-corrected chi connectivity index (χ3v) is 5.52. The molecule has 0 saturated carbocycles. The second kappa shape index (κ2) is 7.29. The topological polar surface area (TPSA) is 50.2 Å². The predicted octanol–water partition coefficient (Wildman–Crippen LogP) is 4.99. The number of halogens is 1. The number of thiazole rings is 1. The molecule has 3 nitrogen and oxygen atoms in total. The molecule has 1 heterocycles. The molecule has 0 unspecified atom stereocenters. The molecular formula is C15H16ClNO2S2. The maximum absolute atomic E-state index is 11.3. The second-order valence-corrected chi connectivity index (χ2v) is 7.51. The van der Waals surface area contributed by atoms with Crippen LogP contribution in [0, 0.1) is 5.92 Å². The van der Waals surface area contributed by atoms with Crippen LogP contribution in [0.4, 0.5) is 0 Å². The first kappa shape index (κ1) is 16.3. The number of benzene rings is 1. The van der Waals surface area contributed by atoms with E-state index in [-0.39, 0.29) is 0 Å². The Morgan fingerprint density at radius 2 is 2.14 bits per heavy atom. The molecule has 0 aliphatic carbocycles. The lowest BCUT2D eigenvalue weighted by Gasteiger charge is -2.02. The smallest absolute Gasteiger partial charge is 0.347 e. The third-order valence-electron chi connectivity index (χ3n) is 2.73. The number of thioether (sulfide) groups is 1. The number of rotatable bonds is 6. The van der Waals surface area contributed by atoms with Gasteiger partial charge in [-0.15, -0.1) is 23.1 Å². The fourth-order valence-corrected chi connectivity index (χ4v) is 4.02. The Bertz CT molecular complexity index is 640. The van der Waals surface area contributed by atoms with E-state index in [0.717, 1.165) is 9.90 Å². The highest BCUT2D eigenvalue weighted by Gasteiger charge is 2.18. The summed E-state index contributed by atoms with van der Waals surface area (Å²) in [4.78, 5) is 17.1. The van der Waals surface area contributed by atoms with E-state index in [1.807, 2.05) is 24.3 Å². The van der Waals surface area contributed by atoms with Gasteiger partial charge in [0, 0.05) is 4.90 Å². The number of carboxylic acid groups (broad SMARTS) is 1. The average Bonchev–Trinajstić information content (AvgIpc) is 2.80. The zero-order valence-corrected chi connectivity index (χ0v) is 14.2. The molecule has 1 aromatic carbocycles. The minimum Gasteiger partial charge on any atom is -0.477 e. The molecular weight excluding hydrogens is 326 g/mol. The summed E-state index contributed by atoms with van der Waals surface area (Å²) in [6.07, 6.45) is 0.689. The molecule has 0 amide bonds. The number of aromatic nitrogens is 1. The Morgan fingerprint density at radius 1 is 1.43 bits per heavy atom. The zero-order valence-electron chi connectivity index (χ0n) is 11.8. The quantitative estimate of drug-likeness (QED) is 0.752. The highest BCUT2D eigenvalue weighted by Crippen LogP contribution is 2.31. The van der Waals surface area contributed by atoms with Crippen LogP contribution in [0.3, 0.4) is 0 Å². The van der Waals surface area contributed by atoms with Crippen molar-refractivity contribution in [3.8, 4) is 0 Å². The lowest BCUT2D eigenvalue weighted by Crippen LogP contribution is -2.02. The molecule has 6 heteroatoms. The number of hydrogen-bond acceptors (Lipinski definition) is 4. The van der Waals surface area contributed by atoms with Crippen LogP contribution in [0.1, 0.15) is 34.2 Å². The summed E-state index contributed by atoms with van der Waals surface area (Å²) in [5.74, 6) is 0.124. The molecule has 21 heavy (non-hydrogen) atoms. The van der Waals surface area contributed by atoms with Gasteiger partial charge in [0.1, 0.15) is 9.88 Å². The summed E-state index contributed by atoms with van der Waals surface area (Å²) in [5.41, 5.74) is 0.692. The SMILES string of the molecule is CC(C)Cc1nc(CSc2ccccc2Cl)sc1C(=O)O. The van der Waals surface area contributed by atoms with Gasteiger partial charge in [0.15, 0.2) is 0 Å². The van der Waals surface area contributed by atoms with Crippen molar-refractivity contribution < 1.29 is 9.90 Å². The first-order valence-electron chi connectivity index (χ1n) is 6.56. The van der Waals surface area contributed by atoms with Gasteiger partial charge in [0.05, 0.1) is 16.5 Å². The van der Waals surface area contributed by atoms with Gasteiger partial charge in [-0.05, 0) is 24.5 Å². The molecule has 2 rings (SSSR count). The molecule has 2 aromatic rings. The molecule has 0 aliphatic heterocycles. The van der Waals surface area contributed by atoms with Crippen LogP contribution in [0.2, 0.25) is 5.02 Å². The minimum absolute atomic E-state index is 0.360. The third kappa shape index (κ3) is 4.46. The van der Waals surface area contributed by atoms with E-state index < -0.39 is 5.97 Å². The first-order chi connectivity index (χ1) is 9.97. The van der Waals surface area contributed by atoms with E-state index in [1.165, 1.54) is 11.3 Å². The molecule has 0 spiro atoms. The molecule has 0 fully saturated rings. The van der Waals surface area contributed by atoms with Crippen LogP contribution >= 0.6 is 34.7 Å². The molecule has 0 radical (unpaired) electrons. The molecule has 0 aliphatic rings. The van der Waals surface area contributed by atoms with Crippen LogP contribution in [0.25, 0.3) is 0 Å². The van der Waals surface area contributed by atoms with E-state index in [0.29, 0.717) is 33.7 Å². The molecule has 0 atom stereocenters. The fraction of sp³-hybridized carbons (Fsp3) is 0.333. The van der Waals surface area contributed by atoms with Crippen molar-refractivity contribution in [3.63, 3.8) is 0 Å². The summed E-state index contributed by atoms with van der Waals surface area (Å²) in [6, 6.07) is 7.62. The van der Waals surface area contributed by atoms with Crippen LogP contribution in [-0.4, -0.2) is 16.1 Å². The summed E-state index contributed by atoms with van der Waals surface area (Å²) in [7, 11) is 0. The van der Waals surface area contributed by atoms with Crippen LogP contribution in [-0.2, 0) is 12.2 Å². The van der Waals surface area contributed by atoms with Crippen LogP contribution in [0.5, 0.6) is 0 Å². The zero-order chi connectivity index (χ0) is 15.4. The molecule has 0 bridgehead atoms. The van der Waals surface area contributed by atoms with Crippen molar-refractivity contribution in [2.45, 2.75) is 30.9 Å². The van der Waals surface area contributed by atoms with E-state index in [1.54, 1.807) is 11.8 Å². The summed E-state index contributed by atoms with van der Waals surface area (Å²) in [6.45, 7) is 4.12. The number of nitrogens with zero attached hydrogens (tertiary/aromatic N) is 1. The van der Waals surface area contributed by atoms with Gasteiger partial charge in [0.2, 0.25) is 0 Å². The van der Waals surface area contributed by atoms with Crippen LogP contribution in [0.15, 0.2) is 29.2 Å². The largest absolute Gasteiger partial charge is 0.477 e. The van der Waals surface area contributed by atoms with Gasteiger partial charge in [-0.3, -0.25) is 0 Å². The van der Waals surface area contributed by atoms with Crippen molar-refractivity contribution >= 4 is 40.7 Å². The normalized spacial score (nSPS) is 11.0. The number of aromatic carboxylic acids is 1. The van der Waals surface area contributed by atoms with Gasteiger partial charge >= 0.3 is 5.97 Å². The van der Waals surface area contributed by atoms with Gasteiger partial charge in [-0.25, -0.2) is 9.78 Å². The Labute approximate surface area is 137 Å². The summed E-state index contributed by atoms with van der Waals surface area (Å²) >= 11 is 8.95. The Morgan fingerprint density at radius 3 is 2.76 bits per heavy atom. The Hall–Kier alpha value is -1.04. The van der Waals surface area contributed by atoms with Crippen molar-refractivity contribution in [2.24, 2.45) is 5.92 Å². The van der Waals surface area contributed by atoms with E-state index in [4.69, 9.17) is 11.6 Å². The summed E-state index contributed by atoms with van der Waals surface area (Å²) in [5, 5.41) is 10.8. The Balaban J connectivity index is 2.14. The first-order valence-corrected chi connectivity index (χ1v) is 8.74. The monoisotopic (exact) mass is 341 g/mol. The second-order valence-electron chi connectivity index (χ2n) is 5.01. The number of hydrogen-bond donors (Lipinski definition) is 1. The van der Waals surface area contributed by atoms with Crippen molar-refractivity contribution in [3.05, 3.63) is 44.9 Å². The lowest BCUT2D eigenvalue weighted by molar-refractivity contribution is 0.0700. The van der Waals surface area contributed by atoms with E-state index in [9.17, 15) is 9.90 Å². The van der Waals surface area contributed by atoms with Gasteiger partial charge in [0.25, 0.3) is 0 Å². The Kier molecular flexibility index (Phi) is 5.67. The predicted molar refractivity (Wildman–Crippen MR) is 88.6 cm³/mol.